The van der Waals surface area contributed by atoms with Crippen LogP contribution in [0.15, 0.2) is 23.4 Å². The van der Waals surface area contributed by atoms with Crippen molar-refractivity contribution in [2.75, 3.05) is 6.26 Å². The van der Waals surface area contributed by atoms with Crippen molar-refractivity contribution in [1.29, 1.82) is 0 Å². The van der Waals surface area contributed by atoms with Crippen LogP contribution in [-0.2, 0) is 20.8 Å². The van der Waals surface area contributed by atoms with Crippen molar-refractivity contribution in [3.63, 3.8) is 0 Å². The van der Waals surface area contributed by atoms with Crippen LogP contribution in [0, 0.1) is 0 Å². The minimum atomic E-state index is -3.34. The Bertz CT molecular complexity index is 592. The van der Waals surface area contributed by atoms with E-state index in [1.165, 1.54) is 12.3 Å². The highest BCUT2D eigenvalue weighted by Crippen LogP contribution is 2.21. The Morgan fingerprint density at radius 3 is 2.45 bits per heavy atom. The van der Waals surface area contributed by atoms with Gasteiger partial charge in [0.15, 0.2) is 14.9 Å². The molecule has 2 atom stereocenters. The molecule has 1 aromatic rings. The van der Waals surface area contributed by atoms with Crippen LogP contribution in [0.5, 0.6) is 0 Å². The van der Waals surface area contributed by atoms with Gasteiger partial charge in [-0.25, -0.2) is 22.3 Å². The maximum absolute atomic E-state index is 12.2. The third-order valence-corrected chi connectivity index (χ3v) is 5.35. The van der Waals surface area contributed by atoms with E-state index in [0.717, 1.165) is 11.8 Å². The van der Waals surface area contributed by atoms with Crippen LogP contribution in [0.1, 0.15) is 45.7 Å². The molecule has 1 aromatic heterocycles. The number of nitrogens with one attached hydrogen (secondary N) is 1. The standard InChI is InChI=1S/C13H22N2O3S2/c1-6-11(15-19(16)13(2,3)4)10-7-8-14-12(9-10)20(5,17)18/h7-9,11,15H,6H2,1-5H3. The lowest BCUT2D eigenvalue weighted by molar-refractivity contribution is 0.584. The number of aromatic nitrogens is 1. The van der Waals surface area contributed by atoms with E-state index in [9.17, 15) is 12.6 Å². The number of pyridine rings is 1. The lowest BCUT2D eigenvalue weighted by Gasteiger charge is -2.23. The average Bonchev–Trinajstić information content (AvgIpc) is 2.33. The van der Waals surface area contributed by atoms with Gasteiger partial charge >= 0.3 is 0 Å². The smallest absolute Gasteiger partial charge is 0.192 e. The lowest BCUT2D eigenvalue weighted by atomic mass is 10.1. The zero-order valence-electron chi connectivity index (χ0n) is 12.5. The number of nitrogens with zero attached hydrogens (tertiary/aromatic N) is 1. The molecule has 1 heterocycles. The summed E-state index contributed by atoms with van der Waals surface area (Å²) in [6.45, 7) is 7.62. The third kappa shape index (κ3) is 4.64. The molecule has 2 unspecified atom stereocenters. The Morgan fingerprint density at radius 2 is 2.00 bits per heavy atom. The highest BCUT2D eigenvalue weighted by atomic mass is 32.2. The van der Waals surface area contributed by atoms with Crippen LogP contribution in [-0.4, -0.2) is 28.6 Å². The van der Waals surface area contributed by atoms with E-state index in [-0.39, 0.29) is 15.8 Å². The Morgan fingerprint density at radius 1 is 1.40 bits per heavy atom. The van der Waals surface area contributed by atoms with Gasteiger partial charge in [-0.15, -0.1) is 0 Å². The summed E-state index contributed by atoms with van der Waals surface area (Å²) in [6, 6.07) is 3.12. The van der Waals surface area contributed by atoms with Crippen LogP contribution in [0.4, 0.5) is 0 Å². The highest BCUT2D eigenvalue weighted by Gasteiger charge is 2.23. The zero-order chi connectivity index (χ0) is 15.6. The van der Waals surface area contributed by atoms with Crippen LogP contribution < -0.4 is 4.72 Å². The maximum Gasteiger partial charge on any atom is 0.192 e. The van der Waals surface area contributed by atoms with E-state index >= 15 is 0 Å². The molecular weight excluding hydrogens is 296 g/mol. The zero-order valence-corrected chi connectivity index (χ0v) is 14.1. The van der Waals surface area contributed by atoms with Crippen molar-refractivity contribution in [3.8, 4) is 0 Å². The fourth-order valence-corrected chi connectivity index (χ4v) is 3.05. The number of hydrogen-bond donors (Lipinski definition) is 1. The second kappa shape index (κ2) is 6.32. The van der Waals surface area contributed by atoms with Crippen molar-refractivity contribution in [2.24, 2.45) is 0 Å². The van der Waals surface area contributed by atoms with Crippen molar-refractivity contribution in [2.45, 2.75) is 49.9 Å². The van der Waals surface area contributed by atoms with Crippen molar-refractivity contribution in [3.05, 3.63) is 23.9 Å². The summed E-state index contributed by atoms with van der Waals surface area (Å²) in [5.74, 6) is 0. The molecule has 20 heavy (non-hydrogen) atoms. The summed E-state index contributed by atoms with van der Waals surface area (Å²) in [6.07, 6.45) is 3.30. The average molecular weight is 318 g/mol. The molecule has 1 N–H and O–H groups in total. The maximum atomic E-state index is 12.2. The summed E-state index contributed by atoms with van der Waals surface area (Å²) in [4.78, 5) is 3.86. The molecule has 0 aliphatic rings. The van der Waals surface area contributed by atoms with Gasteiger partial charge in [-0.2, -0.15) is 0 Å². The quantitative estimate of drug-likeness (QED) is 0.901. The van der Waals surface area contributed by atoms with Gasteiger partial charge < -0.3 is 0 Å². The molecule has 0 aliphatic carbocycles. The van der Waals surface area contributed by atoms with Gasteiger partial charge in [0.2, 0.25) is 0 Å². The Balaban J connectivity index is 3.05. The van der Waals surface area contributed by atoms with E-state index in [1.54, 1.807) is 6.07 Å². The summed E-state index contributed by atoms with van der Waals surface area (Å²) in [7, 11) is -4.55. The predicted molar refractivity (Wildman–Crippen MR) is 81.4 cm³/mol. The topological polar surface area (TPSA) is 76.1 Å². The SMILES string of the molecule is CCC(NS(=O)C(C)(C)C)c1ccnc(S(C)(=O)=O)c1. The molecule has 5 nitrogen and oxygen atoms in total. The summed E-state index contributed by atoms with van der Waals surface area (Å²) in [5.41, 5.74) is 0.778. The highest BCUT2D eigenvalue weighted by molar-refractivity contribution is 7.90. The van der Waals surface area contributed by atoms with E-state index in [4.69, 9.17) is 0 Å². The Kier molecular flexibility index (Phi) is 5.46. The molecule has 0 aliphatic heterocycles. The fraction of sp³-hybridized carbons (Fsp3) is 0.615. The van der Waals surface area contributed by atoms with Gasteiger partial charge in [-0.3, -0.25) is 0 Å². The molecule has 1 rings (SSSR count). The van der Waals surface area contributed by atoms with Crippen molar-refractivity contribution >= 4 is 20.8 Å². The van der Waals surface area contributed by atoms with Gasteiger partial charge in [0.1, 0.15) is 0 Å². The van der Waals surface area contributed by atoms with Crippen LogP contribution >= 0.6 is 0 Å². The molecule has 7 heteroatoms. The van der Waals surface area contributed by atoms with Crippen molar-refractivity contribution in [1.82, 2.24) is 9.71 Å². The fourth-order valence-electron chi connectivity index (χ4n) is 1.54. The van der Waals surface area contributed by atoms with E-state index in [1.807, 2.05) is 27.7 Å². The van der Waals surface area contributed by atoms with Gasteiger partial charge in [-0.1, -0.05) is 6.92 Å². The minimum absolute atomic E-state index is 0.0387. The largest absolute Gasteiger partial charge is 0.245 e. The molecule has 0 fully saturated rings. The Labute approximate surface area is 123 Å². The summed E-state index contributed by atoms with van der Waals surface area (Å²) < 4.78 is 37.9. The van der Waals surface area contributed by atoms with Gasteiger partial charge in [0, 0.05) is 18.5 Å². The van der Waals surface area contributed by atoms with Crippen LogP contribution in [0.25, 0.3) is 0 Å². The van der Waals surface area contributed by atoms with Crippen LogP contribution in [0.3, 0.4) is 0 Å². The molecule has 0 saturated carbocycles. The Hall–Kier alpha value is -0.790. The molecular formula is C13H22N2O3S2. The molecule has 0 spiro atoms. The van der Waals surface area contributed by atoms with Crippen molar-refractivity contribution < 1.29 is 12.6 Å². The van der Waals surface area contributed by atoms with E-state index < -0.39 is 20.8 Å². The van der Waals surface area contributed by atoms with E-state index in [2.05, 4.69) is 9.71 Å². The number of hydrogen-bond acceptors (Lipinski definition) is 4. The second-order valence-electron chi connectivity index (χ2n) is 5.66. The first-order valence-electron chi connectivity index (χ1n) is 6.39. The predicted octanol–water partition coefficient (Wildman–Crippen LogP) is 1.99. The molecule has 0 radical (unpaired) electrons. The number of rotatable bonds is 5. The van der Waals surface area contributed by atoms with E-state index in [0.29, 0.717) is 6.42 Å². The second-order valence-corrected chi connectivity index (χ2v) is 9.62. The van der Waals surface area contributed by atoms with Gasteiger partial charge in [0.05, 0.1) is 15.7 Å². The monoisotopic (exact) mass is 318 g/mol. The van der Waals surface area contributed by atoms with Crippen LogP contribution in [0.2, 0.25) is 0 Å². The minimum Gasteiger partial charge on any atom is -0.245 e. The molecule has 114 valence electrons. The lowest BCUT2D eigenvalue weighted by Crippen LogP contribution is -2.35. The normalized spacial score (nSPS) is 15.8. The first-order chi connectivity index (χ1) is 9.05. The molecule has 0 aromatic carbocycles. The summed E-state index contributed by atoms with van der Waals surface area (Å²) in [5, 5.41) is 0.0387. The molecule has 0 amide bonds. The number of sulfone groups is 1. The molecule has 0 bridgehead atoms. The first-order valence-corrected chi connectivity index (χ1v) is 9.44. The third-order valence-electron chi connectivity index (χ3n) is 2.75. The summed E-state index contributed by atoms with van der Waals surface area (Å²) >= 11 is 0. The molecule has 0 saturated heterocycles. The first kappa shape index (κ1) is 17.3. The van der Waals surface area contributed by atoms with Gasteiger partial charge in [0.25, 0.3) is 0 Å². The van der Waals surface area contributed by atoms with Gasteiger partial charge in [-0.05, 0) is 44.9 Å².